The van der Waals surface area contributed by atoms with Crippen molar-refractivity contribution in [1.82, 2.24) is 0 Å². The van der Waals surface area contributed by atoms with E-state index in [-0.39, 0.29) is 17.4 Å². The van der Waals surface area contributed by atoms with Gasteiger partial charge in [0.15, 0.2) is 5.41 Å². The molecule has 0 amide bonds. The standard InChI is InChI=1S/C14H18O4/c1-7-6-9-10-8(2)13(7,3)4-5-14(10,11(15)16)12(17)18-9/h7,9-10H,2,4-6H2,1,3H3,(H,15,16)/t7-,9-,10-,13+,14-/m0/s1. The summed E-state index contributed by atoms with van der Waals surface area (Å²) >= 11 is 0. The van der Waals surface area contributed by atoms with Crippen LogP contribution in [0.1, 0.15) is 33.1 Å². The van der Waals surface area contributed by atoms with E-state index in [9.17, 15) is 14.7 Å². The lowest BCUT2D eigenvalue weighted by Gasteiger charge is -2.53. The maximum absolute atomic E-state index is 12.1. The number of esters is 1. The molecule has 5 atom stereocenters. The fourth-order valence-electron chi connectivity index (χ4n) is 4.19. The van der Waals surface area contributed by atoms with Crippen molar-refractivity contribution in [2.75, 3.05) is 0 Å². The van der Waals surface area contributed by atoms with E-state index in [2.05, 4.69) is 20.4 Å². The summed E-state index contributed by atoms with van der Waals surface area (Å²) in [5.41, 5.74) is -0.499. The number of ether oxygens (including phenoxy) is 1. The maximum atomic E-state index is 12.1. The smallest absolute Gasteiger partial charge is 0.324 e. The number of fused-ring (bicyclic) bond motifs is 1. The van der Waals surface area contributed by atoms with E-state index < -0.39 is 17.4 Å². The van der Waals surface area contributed by atoms with Gasteiger partial charge in [-0.15, -0.1) is 0 Å². The fraction of sp³-hybridized carbons (Fsp3) is 0.714. The minimum atomic E-state index is -1.36. The van der Waals surface area contributed by atoms with E-state index in [0.29, 0.717) is 18.8 Å². The Morgan fingerprint density at radius 3 is 2.78 bits per heavy atom. The van der Waals surface area contributed by atoms with Crippen molar-refractivity contribution in [3.8, 4) is 0 Å². The summed E-state index contributed by atoms with van der Waals surface area (Å²) in [5, 5.41) is 9.52. The lowest BCUT2D eigenvalue weighted by molar-refractivity contribution is -0.163. The first-order valence-electron chi connectivity index (χ1n) is 6.48. The van der Waals surface area contributed by atoms with E-state index in [1.165, 1.54) is 0 Å². The number of rotatable bonds is 1. The summed E-state index contributed by atoms with van der Waals surface area (Å²) in [6.45, 7) is 8.41. The van der Waals surface area contributed by atoms with Crippen LogP contribution in [0.25, 0.3) is 0 Å². The molecule has 0 spiro atoms. The van der Waals surface area contributed by atoms with Crippen LogP contribution < -0.4 is 0 Å². The SMILES string of the molecule is C=C1[C@H]2[C@@H]3C[C@H](C)[C@@]1(C)CC[C@]2(C(=O)O)C(=O)O3. The van der Waals surface area contributed by atoms with Gasteiger partial charge in [0, 0.05) is 5.92 Å². The van der Waals surface area contributed by atoms with Crippen LogP contribution in [-0.2, 0) is 14.3 Å². The molecular weight excluding hydrogens is 232 g/mol. The molecule has 2 saturated carbocycles. The predicted molar refractivity (Wildman–Crippen MR) is 63.7 cm³/mol. The molecule has 98 valence electrons. The minimum Gasteiger partial charge on any atom is -0.480 e. The third-order valence-electron chi connectivity index (χ3n) is 5.73. The van der Waals surface area contributed by atoms with Crippen LogP contribution in [0.15, 0.2) is 12.2 Å². The van der Waals surface area contributed by atoms with Crippen LogP contribution in [0.4, 0.5) is 0 Å². The number of carboxylic acid groups (broad SMARTS) is 1. The molecular formula is C14H18O4. The number of aliphatic carboxylic acids is 1. The molecule has 0 aromatic heterocycles. The van der Waals surface area contributed by atoms with Crippen LogP contribution in [-0.4, -0.2) is 23.1 Å². The minimum absolute atomic E-state index is 0.0475. The monoisotopic (exact) mass is 250 g/mol. The van der Waals surface area contributed by atoms with Gasteiger partial charge in [0.2, 0.25) is 0 Å². The largest absolute Gasteiger partial charge is 0.480 e. The Morgan fingerprint density at radius 2 is 2.17 bits per heavy atom. The highest BCUT2D eigenvalue weighted by molar-refractivity contribution is 6.02. The normalized spacial score (nSPS) is 50.0. The van der Waals surface area contributed by atoms with Crippen molar-refractivity contribution in [2.24, 2.45) is 22.7 Å². The molecule has 1 heterocycles. The zero-order valence-corrected chi connectivity index (χ0v) is 10.7. The molecule has 0 aromatic carbocycles. The van der Waals surface area contributed by atoms with Gasteiger partial charge < -0.3 is 9.84 Å². The molecule has 4 nitrogen and oxygen atoms in total. The topological polar surface area (TPSA) is 63.6 Å². The van der Waals surface area contributed by atoms with Crippen molar-refractivity contribution in [3.63, 3.8) is 0 Å². The summed E-state index contributed by atoms with van der Waals surface area (Å²) < 4.78 is 5.37. The first kappa shape index (κ1) is 11.8. The van der Waals surface area contributed by atoms with E-state index in [1.807, 2.05) is 0 Å². The Morgan fingerprint density at radius 1 is 1.50 bits per heavy atom. The average molecular weight is 250 g/mol. The zero-order chi connectivity index (χ0) is 13.3. The van der Waals surface area contributed by atoms with Gasteiger partial charge in [-0.25, -0.2) is 0 Å². The molecule has 1 saturated heterocycles. The van der Waals surface area contributed by atoms with Crippen LogP contribution in [0.2, 0.25) is 0 Å². The van der Waals surface area contributed by atoms with E-state index in [0.717, 1.165) is 12.0 Å². The fourth-order valence-corrected chi connectivity index (χ4v) is 4.19. The highest BCUT2D eigenvalue weighted by atomic mass is 16.6. The Balaban J connectivity index is 2.16. The van der Waals surface area contributed by atoms with E-state index >= 15 is 0 Å². The van der Waals surface area contributed by atoms with E-state index in [1.54, 1.807) is 0 Å². The van der Waals surface area contributed by atoms with Crippen molar-refractivity contribution >= 4 is 11.9 Å². The molecule has 3 aliphatic rings. The third kappa shape index (κ3) is 1.03. The van der Waals surface area contributed by atoms with Crippen LogP contribution in [0, 0.1) is 22.7 Å². The molecule has 2 bridgehead atoms. The first-order chi connectivity index (χ1) is 8.34. The summed E-state index contributed by atoms with van der Waals surface area (Å²) in [6.07, 6.45) is 1.55. The van der Waals surface area contributed by atoms with Crippen LogP contribution in [0.3, 0.4) is 0 Å². The molecule has 2 aliphatic carbocycles. The van der Waals surface area contributed by atoms with Gasteiger partial charge in [-0.05, 0) is 30.6 Å². The Kier molecular flexibility index (Phi) is 2.07. The second-order valence-electron chi connectivity index (χ2n) is 6.28. The van der Waals surface area contributed by atoms with Crippen LogP contribution in [0.5, 0.6) is 0 Å². The van der Waals surface area contributed by atoms with Gasteiger partial charge in [-0.1, -0.05) is 26.0 Å². The summed E-state index contributed by atoms with van der Waals surface area (Å²) in [5.74, 6) is -1.55. The molecule has 3 rings (SSSR count). The second-order valence-corrected chi connectivity index (χ2v) is 6.28. The van der Waals surface area contributed by atoms with Gasteiger partial charge >= 0.3 is 11.9 Å². The summed E-state index contributed by atoms with van der Waals surface area (Å²) in [6, 6.07) is 0. The highest BCUT2D eigenvalue weighted by Gasteiger charge is 2.70. The van der Waals surface area contributed by atoms with Gasteiger partial charge in [0.25, 0.3) is 0 Å². The Bertz CT molecular complexity index is 468. The highest BCUT2D eigenvalue weighted by Crippen LogP contribution is 2.64. The number of carbonyl (C=O) groups is 2. The third-order valence-corrected chi connectivity index (χ3v) is 5.73. The summed E-state index contributed by atoms with van der Waals surface area (Å²) in [4.78, 5) is 23.7. The molecule has 4 heteroatoms. The molecule has 18 heavy (non-hydrogen) atoms. The van der Waals surface area contributed by atoms with Gasteiger partial charge in [0.05, 0.1) is 0 Å². The van der Waals surface area contributed by atoms with Crippen molar-refractivity contribution in [3.05, 3.63) is 12.2 Å². The quantitative estimate of drug-likeness (QED) is 0.439. The van der Waals surface area contributed by atoms with E-state index in [4.69, 9.17) is 4.74 Å². The average Bonchev–Trinajstić information content (AvgIpc) is 2.58. The number of carbonyl (C=O) groups excluding carboxylic acids is 1. The van der Waals surface area contributed by atoms with Crippen molar-refractivity contribution < 1.29 is 19.4 Å². The molecule has 1 N–H and O–H groups in total. The lowest BCUT2D eigenvalue weighted by atomic mass is 9.48. The second kappa shape index (κ2) is 3.16. The van der Waals surface area contributed by atoms with Crippen molar-refractivity contribution in [1.29, 1.82) is 0 Å². The lowest BCUT2D eigenvalue weighted by Crippen LogP contribution is -2.54. The predicted octanol–water partition coefficient (Wildman–Crippen LogP) is 2.00. The Hall–Kier alpha value is -1.32. The van der Waals surface area contributed by atoms with Gasteiger partial charge in [-0.3, -0.25) is 9.59 Å². The van der Waals surface area contributed by atoms with Crippen LogP contribution >= 0.6 is 0 Å². The number of hydrogen-bond donors (Lipinski definition) is 1. The maximum Gasteiger partial charge on any atom is 0.324 e. The van der Waals surface area contributed by atoms with Crippen molar-refractivity contribution in [2.45, 2.75) is 39.2 Å². The molecule has 3 fully saturated rings. The summed E-state index contributed by atoms with van der Waals surface area (Å²) in [7, 11) is 0. The number of hydrogen-bond acceptors (Lipinski definition) is 3. The molecule has 1 aliphatic heterocycles. The molecule has 0 aromatic rings. The van der Waals surface area contributed by atoms with Gasteiger partial charge in [0.1, 0.15) is 6.10 Å². The zero-order valence-electron chi connectivity index (χ0n) is 10.7. The van der Waals surface area contributed by atoms with Gasteiger partial charge in [-0.2, -0.15) is 0 Å². The molecule has 0 radical (unpaired) electrons. The first-order valence-corrected chi connectivity index (χ1v) is 6.48. The molecule has 0 unspecified atom stereocenters. The Labute approximate surface area is 106 Å². The number of carboxylic acids is 1.